The maximum absolute atomic E-state index is 12.9. The van der Waals surface area contributed by atoms with Gasteiger partial charge in [-0.05, 0) is 50.6 Å². The first-order valence-corrected chi connectivity index (χ1v) is 6.91. The highest BCUT2D eigenvalue weighted by molar-refractivity contribution is 6.01. The summed E-state index contributed by atoms with van der Waals surface area (Å²) >= 11 is 0. The monoisotopic (exact) mass is 318 g/mol. The minimum absolute atomic E-state index is 0.114. The normalized spacial score (nSPS) is 11.8. The fourth-order valence-electron chi connectivity index (χ4n) is 2.18. The third-order valence-corrected chi connectivity index (χ3v) is 3.32. The molecule has 0 amide bonds. The number of rotatable bonds is 4. The second kappa shape index (κ2) is 6.56. The van der Waals surface area contributed by atoms with E-state index >= 15 is 0 Å². The van der Waals surface area contributed by atoms with E-state index in [1.165, 1.54) is 32.0 Å². The van der Waals surface area contributed by atoms with Crippen LogP contribution in [0.2, 0.25) is 0 Å². The van der Waals surface area contributed by atoms with Gasteiger partial charge in [0.1, 0.15) is 17.1 Å². The summed E-state index contributed by atoms with van der Waals surface area (Å²) in [6.07, 6.45) is -1.06. The van der Waals surface area contributed by atoms with Gasteiger partial charge in [-0.15, -0.1) is 0 Å². The summed E-state index contributed by atoms with van der Waals surface area (Å²) in [5.74, 6) is -1.55. The largest absolute Gasteiger partial charge is 0.451 e. The number of ether oxygens (including phenoxy) is 1. The summed E-state index contributed by atoms with van der Waals surface area (Å²) in [7, 11) is 0. The van der Waals surface area contributed by atoms with Crippen molar-refractivity contribution in [3.8, 4) is 0 Å². The van der Waals surface area contributed by atoms with Crippen molar-refractivity contribution in [2.45, 2.75) is 26.9 Å². The number of esters is 1. The van der Waals surface area contributed by atoms with Crippen LogP contribution in [0.4, 0.5) is 4.39 Å². The molecule has 1 aromatic carbocycles. The molecule has 0 aliphatic carbocycles. The van der Waals surface area contributed by atoms with E-state index in [4.69, 9.17) is 9.15 Å². The Balaban J connectivity index is 2.18. The minimum Gasteiger partial charge on any atom is -0.451 e. The maximum Gasteiger partial charge on any atom is 0.342 e. The summed E-state index contributed by atoms with van der Waals surface area (Å²) in [4.78, 5) is 35.6. The van der Waals surface area contributed by atoms with Crippen molar-refractivity contribution in [3.63, 3.8) is 0 Å². The first kappa shape index (κ1) is 16.6. The zero-order valence-corrected chi connectivity index (χ0v) is 12.9. The molecular formula is C17H15FO5. The lowest BCUT2D eigenvalue weighted by atomic mass is 10.1. The van der Waals surface area contributed by atoms with Crippen LogP contribution in [0.5, 0.6) is 0 Å². The highest BCUT2D eigenvalue weighted by atomic mass is 19.1. The van der Waals surface area contributed by atoms with Gasteiger partial charge >= 0.3 is 11.6 Å². The molecule has 0 bridgehead atoms. The number of ketones is 1. The van der Waals surface area contributed by atoms with Crippen molar-refractivity contribution in [1.82, 2.24) is 0 Å². The van der Waals surface area contributed by atoms with Crippen LogP contribution in [0.1, 0.15) is 39.0 Å². The van der Waals surface area contributed by atoms with Crippen LogP contribution < -0.4 is 5.63 Å². The molecule has 2 rings (SSSR count). The number of hydrogen-bond acceptors (Lipinski definition) is 5. The molecule has 2 aromatic rings. The molecule has 0 spiro atoms. The van der Waals surface area contributed by atoms with Gasteiger partial charge in [-0.3, -0.25) is 4.79 Å². The van der Waals surface area contributed by atoms with E-state index in [1.54, 1.807) is 6.92 Å². The first-order valence-electron chi connectivity index (χ1n) is 6.91. The van der Waals surface area contributed by atoms with Crippen molar-refractivity contribution in [3.05, 3.63) is 69.0 Å². The molecule has 0 aliphatic heterocycles. The zero-order chi connectivity index (χ0) is 17.1. The van der Waals surface area contributed by atoms with E-state index in [2.05, 4.69) is 0 Å². The minimum atomic E-state index is -1.06. The van der Waals surface area contributed by atoms with E-state index in [1.807, 2.05) is 0 Å². The number of carbonyl (C=O) groups excluding carboxylic acids is 2. The van der Waals surface area contributed by atoms with E-state index in [0.717, 1.165) is 12.1 Å². The van der Waals surface area contributed by atoms with Gasteiger partial charge in [0.15, 0.2) is 6.10 Å². The molecule has 0 saturated carbocycles. The average Bonchev–Trinajstić information content (AvgIpc) is 2.46. The van der Waals surface area contributed by atoms with Crippen LogP contribution in [-0.2, 0) is 4.74 Å². The molecule has 0 aliphatic rings. The average molecular weight is 318 g/mol. The smallest absolute Gasteiger partial charge is 0.342 e. The predicted octanol–water partition coefficient (Wildman–Crippen LogP) is 2.82. The number of carbonyl (C=O) groups is 2. The quantitative estimate of drug-likeness (QED) is 0.640. The highest BCUT2D eigenvalue weighted by Gasteiger charge is 2.23. The molecule has 1 atom stereocenters. The van der Waals surface area contributed by atoms with Gasteiger partial charge in [0.05, 0.1) is 0 Å². The van der Waals surface area contributed by atoms with Crippen LogP contribution in [-0.4, -0.2) is 17.9 Å². The number of benzene rings is 1. The molecule has 1 heterocycles. The third kappa shape index (κ3) is 3.71. The Morgan fingerprint density at radius 2 is 1.78 bits per heavy atom. The standard InChI is InChI=1S/C17H15FO5/c1-9-8-14(19)22-10(2)15(9)17(21)23-11(3)16(20)12-4-6-13(18)7-5-12/h4-8,11H,1-3H3. The fraction of sp³-hybridized carbons (Fsp3) is 0.235. The maximum atomic E-state index is 12.9. The number of Topliss-reactive ketones (excluding diaryl/α,β-unsaturated/α-hetero) is 1. The van der Waals surface area contributed by atoms with Crippen LogP contribution in [0, 0.1) is 19.7 Å². The van der Waals surface area contributed by atoms with Crippen molar-refractivity contribution < 1.29 is 23.1 Å². The fourth-order valence-corrected chi connectivity index (χ4v) is 2.18. The predicted molar refractivity (Wildman–Crippen MR) is 80.1 cm³/mol. The lowest BCUT2D eigenvalue weighted by Crippen LogP contribution is -2.25. The Kier molecular flexibility index (Phi) is 4.74. The lowest BCUT2D eigenvalue weighted by Gasteiger charge is -2.14. The molecule has 0 saturated heterocycles. The summed E-state index contributed by atoms with van der Waals surface area (Å²) in [5.41, 5.74) is 0.195. The molecule has 1 unspecified atom stereocenters. The van der Waals surface area contributed by atoms with Gasteiger partial charge in [-0.2, -0.15) is 0 Å². The van der Waals surface area contributed by atoms with Crippen LogP contribution in [0.15, 0.2) is 39.5 Å². The van der Waals surface area contributed by atoms with Crippen molar-refractivity contribution in [2.24, 2.45) is 0 Å². The Morgan fingerprint density at radius 1 is 1.17 bits per heavy atom. The van der Waals surface area contributed by atoms with E-state index in [0.29, 0.717) is 5.56 Å². The van der Waals surface area contributed by atoms with E-state index in [9.17, 15) is 18.8 Å². The molecule has 120 valence electrons. The Morgan fingerprint density at radius 3 is 2.35 bits per heavy atom. The third-order valence-electron chi connectivity index (χ3n) is 3.32. The molecule has 0 radical (unpaired) electrons. The second-order valence-electron chi connectivity index (χ2n) is 5.10. The van der Waals surface area contributed by atoms with Gasteiger partial charge in [-0.1, -0.05) is 0 Å². The topological polar surface area (TPSA) is 73.6 Å². The Hall–Kier alpha value is -2.76. The highest BCUT2D eigenvalue weighted by Crippen LogP contribution is 2.15. The van der Waals surface area contributed by atoms with Crippen LogP contribution in [0.3, 0.4) is 0 Å². The number of aryl methyl sites for hydroxylation is 2. The number of halogens is 1. The molecule has 5 nitrogen and oxygen atoms in total. The van der Waals surface area contributed by atoms with Crippen molar-refractivity contribution >= 4 is 11.8 Å². The van der Waals surface area contributed by atoms with E-state index < -0.39 is 29.3 Å². The van der Waals surface area contributed by atoms with Gasteiger partial charge in [0.25, 0.3) is 0 Å². The van der Waals surface area contributed by atoms with Gasteiger partial charge in [0, 0.05) is 11.6 Å². The summed E-state index contributed by atoms with van der Waals surface area (Å²) in [5, 5.41) is 0. The number of hydrogen-bond donors (Lipinski definition) is 0. The van der Waals surface area contributed by atoms with Crippen LogP contribution in [0.25, 0.3) is 0 Å². The molecule has 1 aromatic heterocycles. The lowest BCUT2D eigenvalue weighted by molar-refractivity contribution is 0.0314. The Bertz CT molecular complexity index is 778. The van der Waals surface area contributed by atoms with Crippen LogP contribution >= 0.6 is 0 Å². The summed E-state index contributed by atoms with van der Waals surface area (Å²) in [6, 6.07) is 6.13. The second-order valence-corrected chi connectivity index (χ2v) is 5.10. The summed E-state index contributed by atoms with van der Waals surface area (Å²) in [6.45, 7) is 4.47. The van der Waals surface area contributed by atoms with Gasteiger partial charge in [-0.25, -0.2) is 14.0 Å². The van der Waals surface area contributed by atoms with Gasteiger partial charge in [0.2, 0.25) is 5.78 Å². The van der Waals surface area contributed by atoms with E-state index in [-0.39, 0.29) is 16.9 Å². The van der Waals surface area contributed by atoms with Crippen molar-refractivity contribution in [2.75, 3.05) is 0 Å². The molecule has 23 heavy (non-hydrogen) atoms. The summed E-state index contributed by atoms with van der Waals surface area (Å²) < 4.78 is 22.9. The zero-order valence-electron chi connectivity index (χ0n) is 12.9. The van der Waals surface area contributed by atoms with Crippen molar-refractivity contribution in [1.29, 1.82) is 0 Å². The SMILES string of the molecule is Cc1cc(=O)oc(C)c1C(=O)OC(C)C(=O)c1ccc(F)cc1. The first-order chi connectivity index (χ1) is 10.8. The molecule has 0 fully saturated rings. The van der Waals surface area contributed by atoms with Gasteiger partial charge < -0.3 is 9.15 Å². The molecule has 0 N–H and O–H groups in total. The Labute approximate surface area is 131 Å². The molecule has 6 heteroatoms. The molecular weight excluding hydrogens is 303 g/mol.